The van der Waals surface area contributed by atoms with E-state index >= 15 is 0 Å². The summed E-state index contributed by atoms with van der Waals surface area (Å²) in [6, 6.07) is 7.11. The Morgan fingerprint density at radius 2 is 2.12 bits per heavy atom. The standard InChI is InChI=1S/C18H19ClN2O4/c19-13-8-12(9-16-17(13)25-11-24-16)18(22)20-10-14(15-4-3-7-23-15)21-5-1-2-6-21/h3-4,7-9,14H,1-2,5-6,10-11H2,(H,20,22)/t14-/m0/s1. The second-order valence-electron chi connectivity index (χ2n) is 6.18. The van der Waals surface area contributed by atoms with Gasteiger partial charge >= 0.3 is 0 Å². The number of benzene rings is 1. The maximum absolute atomic E-state index is 12.6. The van der Waals surface area contributed by atoms with Gasteiger partial charge in [-0.1, -0.05) is 11.6 Å². The first kappa shape index (κ1) is 16.3. The summed E-state index contributed by atoms with van der Waals surface area (Å²) in [5.41, 5.74) is 0.453. The fourth-order valence-corrected chi connectivity index (χ4v) is 3.60. The number of halogens is 1. The molecular formula is C18H19ClN2O4. The van der Waals surface area contributed by atoms with Crippen molar-refractivity contribution in [3.05, 3.63) is 46.9 Å². The third-order valence-corrected chi connectivity index (χ3v) is 4.88. The first-order valence-corrected chi connectivity index (χ1v) is 8.75. The SMILES string of the molecule is O=C(NC[C@@H](c1ccco1)N1CCCC1)c1cc(Cl)c2c(c1)OCO2. The number of ether oxygens (including phenoxy) is 2. The molecule has 6 nitrogen and oxygen atoms in total. The van der Waals surface area contributed by atoms with Gasteiger partial charge in [0.25, 0.3) is 5.91 Å². The number of carbonyl (C=O) groups is 1. The summed E-state index contributed by atoms with van der Waals surface area (Å²) in [6.45, 7) is 2.61. The Morgan fingerprint density at radius 1 is 1.28 bits per heavy atom. The van der Waals surface area contributed by atoms with E-state index in [-0.39, 0.29) is 18.7 Å². The number of carbonyl (C=O) groups excluding carboxylic acids is 1. The third-order valence-electron chi connectivity index (χ3n) is 4.60. The Labute approximate surface area is 150 Å². The van der Waals surface area contributed by atoms with Crippen molar-refractivity contribution in [2.45, 2.75) is 18.9 Å². The molecule has 1 amide bonds. The van der Waals surface area contributed by atoms with Crippen LogP contribution in [0.1, 0.15) is 35.0 Å². The zero-order valence-corrected chi connectivity index (χ0v) is 14.4. The molecule has 2 aliphatic rings. The Hall–Kier alpha value is -2.18. The molecule has 25 heavy (non-hydrogen) atoms. The number of hydrogen-bond acceptors (Lipinski definition) is 5. The molecular weight excluding hydrogens is 344 g/mol. The fraction of sp³-hybridized carbons (Fsp3) is 0.389. The van der Waals surface area contributed by atoms with Gasteiger partial charge in [0.1, 0.15) is 5.76 Å². The van der Waals surface area contributed by atoms with Crippen LogP contribution in [0.4, 0.5) is 0 Å². The highest BCUT2D eigenvalue weighted by Gasteiger charge is 2.27. The number of nitrogens with zero attached hydrogens (tertiary/aromatic N) is 1. The first-order chi connectivity index (χ1) is 12.2. The van der Waals surface area contributed by atoms with E-state index in [0.29, 0.717) is 28.6 Å². The second-order valence-corrected chi connectivity index (χ2v) is 6.58. The normalized spacial score (nSPS) is 17.6. The van der Waals surface area contributed by atoms with Crippen LogP contribution >= 0.6 is 11.6 Å². The van der Waals surface area contributed by atoms with Gasteiger partial charge in [0, 0.05) is 12.1 Å². The van der Waals surface area contributed by atoms with Gasteiger partial charge in [0.15, 0.2) is 11.5 Å². The average molecular weight is 363 g/mol. The zero-order chi connectivity index (χ0) is 17.2. The van der Waals surface area contributed by atoms with Gasteiger partial charge in [-0.2, -0.15) is 0 Å². The number of rotatable bonds is 5. The smallest absolute Gasteiger partial charge is 0.251 e. The fourth-order valence-electron chi connectivity index (χ4n) is 3.33. The summed E-state index contributed by atoms with van der Waals surface area (Å²) in [5.74, 6) is 1.66. The first-order valence-electron chi connectivity index (χ1n) is 8.37. The molecule has 0 bridgehead atoms. The quantitative estimate of drug-likeness (QED) is 0.884. The van der Waals surface area contributed by atoms with E-state index in [0.717, 1.165) is 18.8 Å². The van der Waals surface area contributed by atoms with Gasteiger partial charge in [0.2, 0.25) is 6.79 Å². The zero-order valence-electron chi connectivity index (χ0n) is 13.7. The summed E-state index contributed by atoms with van der Waals surface area (Å²) >= 11 is 6.16. The van der Waals surface area contributed by atoms with Crippen molar-refractivity contribution in [3.8, 4) is 11.5 Å². The van der Waals surface area contributed by atoms with Crippen LogP contribution in [0, 0.1) is 0 Å². The van der Waals surface area contributed by atoms with Crippen molar-refractivity contribution < 1.29 is 18.7 Å². The molecule has 2 aromatic rings. The minimum absolute atomic E-state index is 0.0333. The van der Waals surface area contributed by atoms with Crippen LogP contribution in [0.15, 0.2) is 34.9 Å². The summed E-state index contributed by atoms with van der Waals surface area (Å²) in [5, 5.41) is 3.36. The van der Waals surface area contributed by atoms with E-state index in [4.69, 9.17) is 25.5 Å². The molecule has 0 unspecified atom stereocenters. The van der Waals surface area contributed by atoms with Crippen LogP contribution in [0.25, 0.3) is 0 Å². The van der Waals surface area contributed by atoms with Crippen LogP contribution in [0.5, 0.6) is 11.5 Å². The molecule has 3 heterocycles. The van der Waals surface area contributed by atoms with E-state index in [1.165, 1.54) is 12.8 Å². The highest BCUT2D eigenvalue weighted by molar-refractivity contribution is 6.32. The lowest BCUT2D eigenvalue weighted by Gasteiger charge is -2.26. The highest BCUT2D eigenvalue weighted by atomic mass is 35.5. The van der Waals surface area contributed by atoms with Gasteiger partial charge < -0.3 is 19.2 Å². The molecule has 1 atom stereocenters. The average Bonchev–Trinajstić information content (AvgIpc) is 3.37. The lowest BCUT2D eigenvalue weighted by Crippen LogP contribution is -2.36. The predicted octanol–water partition coefficient (Wildman–Crippen LogP) is 3.23. The van der Waals surface area contributed by atoms with Crippen LogP contribution < -0.4 is 14.8 Å². The highest BCUT2D eigenvalue weighted by Crippen LogP contribution is 2.39. The van der Waals surface area contributed by atoms with Gasteiger partial charge in [-0.25, -0.2) is 0 Å². The molecule has 1 fully saturated rings. The van der Waals surface area contributed by atoms with Gasteiger partial charge in [0.05, 0.1) is 17.3 Å². The van der Waals surface area contributed by atoms with Crippen LogP contribution in [-0.4, -0.2) is 37.2 Å². The van der Waals surface area contributed by atoms with Crippen molar-refractivity contribution in [2.24, 2.45) is 0 Å². The Morgan fingerprint density at radius 3 is 2.88 bits per heavy atom. The Bertz CT molecular complexity index is 757. The maximum atomic E-state index is 12.6. The minimum atomic E-state index is -0.198. The van der Waals surface area contributed by atoms with Gasteiger partial charge in [-0.3, -0.25) is 9.69 Å². The summed E-state index contributed by atoms with van der Waals surface area (Å²) in [7, 11) is 0. The van der Waals surface area contributed by atoms with E-state index in [1.807, 2.05) is 12.1 Å². The van der Waals surface area contributed by atoms with Crippen molar-refractivity contribution in [3.63, 3.8) is 0 Å². The topological polar surface area (TPSA) is 63.9 Å². The van der Waals surface area contributed by atoms with Crippen molar-refractivity contribution in [2.75, 3.05) is 26.4 Å². The lowest BCUT2D eigenvalue weighted by atomic mass is 10.1. The number of likely N-dealkylation sites (tertiary alicyclic amines) is 1. The van der Waals surface area contributed by atoms with Crippen molar-refractivity contribution in [1.29, 1.82) is 0 Å². The molecule has 1 saturated heterocycles. The van der Waals surface area contributed by atoms with Crippen LogP contribution in [0.3, 0.4) is 0 Å². The van der Waals surface area contributed by atoms with E-state index < -0.39 is 0 Å². The minimum Gasteiger partial charge on any atom is -0.468 e. The molecule has 0 saturated carbocycles. The molecule has 0 spiro atoms. The molecule has 1 aromatic carbocycles. The van der Waals surface area contributed by atoms with E-state index in [2.05, 4.69) is 10.2 Å². The molecule has 0 aliphatic carbocycles. The molecule has 4 rings (SSSR count). The van der Waals surface area contributed by atoms with Crippen molar-refractivity contribution >= 4 is 17.5 Å². The Kier molecular flexibility index (Phi) is 4.55. The van der Waals surface area contributed by atoms with E-state index in [1.54, 1.807) is 18.4 Å². The van der Waals surface area contributed by atoms with Crippen LogP contribution in [0.2, 0.25) is 5.02 Å². The molecule has 132 valence electrons. The molecule has 1 aromatic heterocycles. The van der Waals surface area contributed by atoms with Gasteiger partial charge in [-0.05, 0) is 50.2 Å². The number of amides is 1. The maximum Gasteiger partial charge on any atom is 0.251 e. The van der Waals surface area contributed by atoms with Gasteiger partial charge in [-0.15, -0.1) is 0 Å². The van der Waals surface area contributed by atoms with Crippen LogP contribution in [-0.2, 0) is 0 Å². The largest absolute Gasteiger partial charge is 0.468 e. The number of furan rings is 1. The number of hydrogen-bond donors (Lipinski definition) is 1. The molecule has 2 aliphatic heterocycles. The third kappa shape index (κ3) is 3.32. The Balaban J connectivity index is 1.47. The summed E-state index contributed by atoms with van der Waals surface area (Å²) < 4.78 is 16.2. The molecule has 7 heteroatoms. The summed E-state index contributed by atoms with van der Waals surface area (Å²) in [6.07, 6.45) is 4.00. The monoisotopic (exact) mass is 362 g/mol. The lowest BCUT2D eigenvalue weighted by molar-refractivity contribution is 0.0933. The number of nitrogens with one attached hydrogen (secondary N) is 1. The number of fused-ring (bicyclic) bond motifs is 1. The van der Waals surface area contributed by atoms with Crippen molar-refractivity contribution in [1.82, 2.24) is 10.2 Å². The molecule has 0 radical (unpaired) electrons. The van der Waals surface area contributed by atoms with E-state index in [9.17, 15) is 4.79 Å². The molecule has 1 N–H and O–H groups in total. The second kappa shape index (κ2) is 6.98. The summed E-state index contributed by atoms with van der Waals surface area (Å²) in [4.78, 5) is 14.9. The predicted molar refractivity (Wildman–Crippen MR) is 92.2 cm³/mol.